The summed E-state index contributed by atoms with van der Waals surface area (Å²) in [6.07, 6.45) is 3.18. The van der Waals surface area contributed by atoms with E-state index in [9.17, 15) is 9.59 Å². The summed E-state index contributed by atoms with van der Waals surface area (Å²) in [6, 6.07) is 3.25. The molecule has 1 unspecified atom stereocenters. The molecule has 1 heterocycles. The molecule has 0 radical (unpaired) electrons. The maximum Gasteiger partial charge on any atom is 0.328 e. The molecule has 2 N–H and O–H groups in total. The van der Waals surface area contributed by atoms with Crippen molar-refractivity contribution in [1.82, 2.24) is 10.3 Å². The predicted octanol–water partition coefficient (Wildman–Crippen LogP) is 1.86. The Balaban J connectivity index is 2.63. The molecule has 0 aliphatic carbocycles. The molecule has 0 saturated heterocycles. The number of hydrogen-bond acceptors (Lipinski definition) is 4. The fourth-order valence-electron chi connectivity index (χ4n) is 1.45. The van der Waals surface area contributed by atoms with Gasteiger partial charge in [-0.2, -0.15) is 0 Å². The van der Waals surface area contributed by atoms with Gasteiger partial charge in [0.25, 0.3) is 5.91 Å². The van der Waals surface area contributed by atoms with Crippen LogP contribution in [-0.2, 0) is 9.59 Å². The van der Waals surface area contributed by atoms with Crippen molar-refractivity contribution in [3.63, 3.8) is 0 Å². The zero-order valence-electron chi connectivity index (χ0n) is 12.6. The topological polar surface area (TPSA) is 88.5 Å². The minimum atomic E-state index is -1.04. The van der Waals surface area contributed by atoms with Gasteiger partial charge in [0, 0.05) is 11.6 Å². The van der Waals surface area contributed by atoms with Crippen molar-refractivity contribution in [2.24, 2.45) is 0 Å². The first-order valence-corrected chi connectivity index (χ1v) is 6.53. The summed E-state index contributed by atoms with van der Waals surface area (Å²) in [5.41, 5.74) is 0.176. The smallest absolute Gasteiger partial charge is 0.328 e. The molecular weight excluding hydrogens is 272 g/mol. The molecule has 114 valence electrons. The number of aromatic nitrogens is 1. The second-order valence-electron chi connectivity index (χ2n) is 5.59. The zero-order valence-corrected chi connectivity index (χ0v) is 12.6. The number of carbonyl (C=O) groups is 2. The largest absolute Gasteiger partial charge is 0.479 e. The van der Waals surface area contributed by atoms with E-state index in [2.05, 4.69) is 10.3 Å². The third-order valence-electron chi connectivity index (χ3n) is 2.34. The molecule has 0 saturated carbocycles. The predicted molar refractivity (Wildman–Crippen MR) is 78.9 cm³/mol. The van der Waals surface area contributed by atoms with E-state index in [-0.39, 0.29) is 11.4 Å². The van der Waals surface area contributed by atoms with Crippen LogP contribution in [-0.4, -0.2) is 33.6 Å². The molecule has 1 aromatic rings. The van der Waals surface area contributed by atoms with E-state index < -0.39 is 12.1 Å². The number of carbonyl (C=O) groups excluding carboxylic acids is 1. The molecule has 6 heteroatoms. The standard InChI is InChI=1S/C15H20N2O4/c1-10(14(20)17-15(2,3)4)21-12-7-5-11(16-9-12)6-8-13(18)19/h5-10H,1-4H3,(H,17,20)(H,18,19). The van der Waals surface area contributed by atoms with Crippen LogP contribution in [0.1, 0.15) is 33.4 Å². The second-order valence-corrected chi connectivity index (χ2v) is 5.59. The van der Waals surface area contributed by atoms with Crippen LogP contribution in [0.5, 0.6) is 5.75 Å². The van der Waals surface area contributed by atoms with Crippen LogP contribution in [0.4, 0.5) is 0 Å². The van der Waals surface area contributed by atoms with Gasteiger partial charge in [-0.15, -0.1) is 0 Å². The molecule has 1 rings (SSSR count). The SMILES string of the molecule is CC(Oc1ccc(C=CC(=O)O)nc1)C(=O)NC(C)(C)C. The van der Waals surface area contributed by atoms with Gasteiger partial charge >= 0.3 is 5.97 Å². The minimum Gasteiger partial charge on any atom is -0.479 e. The average molecular weight is 292 g/mol. The Bertz CT molecular complexity index is 530. The van der Waals surface area contributed by atoms with Crippen molar-refractivity contribution in [3.8, 4) is 5.75 Å². The van der Waals surface area contributed by atoms with E-state index >= 15 is 0 Å². The van der Waals surface area contributed by atoms with Crippen LogP contribution in [0.2, 0.25) is 0 Å². The van der Waals surface area contributed by atoms with Crippen LogP contribution in [0.15, 0.2) is 24.4 Å². The van der Waals surface area contributed by atoms with Gasteiger partial charge in [-0.25, -0.2) is 4.79 Å². The van der Waals surface area contributed by atoms with Crippen LogP contribution in [0.3, 0.4) is 0 Å². The first kappa shape index (κ1) is 16.7. The number of rotatable bonds is 5. The van der Waals surface area contributed by atoms with Crippen molar-refractivity contribution in [1.29, 1.82) is 0 Å². The minimum absolute atomic E-state index is 0.211. The highest BCUT2D eigenvalue weighted by Crippen LogP contribution is 2.12. The van der Waals surface area contributed by atoms with E-state index in [0.29, 0.717) is 11.4 Å². The molecule has 1 aromatic heterocycles. The Morgan fingerprint density at radius 1 is 1.38 bits per heavy atom. The molecule has 0 bridgehead atoms. The van der Waals surface area contributed by atoms with Gasteiger partial charge < -0.3 is 15.2 Å². The summed E-state index contributed by atoms with van der Waals surface area (Å²) in [4.78, 5) is 26.3. The van der Waals surface area contributed by atoms with Crippen molar-refractivity contribution in [2.75, 3.05) is 0 Å². The van der Waals surface area contributed by atoms with E-state index in [1.807, 2.05) is 20.8 Å². The lowest BCUT2D eigenvalue weighted by molar-refractivity contribution is -0.131. The molecule has 0 fully saturated rings. The number of nitrogens with zero attached hydrogens (tertiary/aromatic N) is 1. The van der Waals surface area contributed by atoms with Crippen molar-refractivity contribution in [3.05, 3.63) is 30.1 Å². The van der Waals surface area contributed by atoms with Crippen molar-refractivity contribution < 1.29 is 19.4 Å². The van der Waals surface area contributed by atoms with E-state index in [4.69, 9.17) is 9.84 Å². The Labute approximate surface area is 123 Å². The normalized spacial score (nSPS) is 13.0. The van der Waals surface area contributed by atoms with Crippen molar-refractivity contribution in [2.45, 2.75) is 39.3 Å². The first-order chi connectivity index (χ1) is 9.67. The van der Waals surface area contributed by atoms with Gasteiger partial charge in [-0.1, -0.05) is 0 Å². The Morgan fingerprint density at radius 2 is 2.05 bits per heavy atom. The molecule has 0 aliphatic heterocycles. The maximum atomic E-state index is 11.9. The van der Waals surface area contributed by atoms with Gasteiger partial charge in [0.05, 0.1) is 11.9 Å². The van der Waals surface area contributed by atoms with E-state index in [1.54, 1.807) is 19.1 Å². The monoisotopic (exact) mass is 292 g/mol. The summed E-state index contributed by atoms with van der Waals surface area (Å²) >= 11 is 0. The quantitative estimate of drug-likeness (QED) is 0.809. The van der Waals surface area contributed by atoms with Gasteiger partial charge in [0.15, 0.2) is 6.10 Å². The molecule has 0 spiro atoms. The fourth-order valence-corrected chi connectivity index (χ4v) is 1.45. The molecule has 0 aromatic carbocycles. The molecule has 0 aliphatic rings. The molecule has 21 heavy (non-hydrogen) atoms. The molecular formula is C15H20N2O4. The first-order valence-electron chi connectivity index (χ1n) is 6.53. The van der Waals surface area contributed by atoms with Gasteiger partial charge in [0.1, 0.15) is 5.75 Å². The summed E-state index contributed by atoms with van der Waals surface area (Å²) < 4.78 is 5.49. The Hall–Kier alpha value is -2.37. The van der Waals surface area contributed by atoms with E-state index in [0.717, 1.165) is 6.08 Å². The number of hydrogen-bond donors (Lipinski definition) is 2. The Kier molecular flexibility index (Phi) is 5.46. The second kappa shape index (κ2) is 6.88. The Morgan fingerprint density at radius 3 is 2.52 bits per heavy atom. The van der Waals surface area contributed by atoms with Gasteiger partial charge in [-0.3, -0.25) is 9.78 Å². The lowest BCUT2D eigenvalue weighted by Gasteiger charge is -2.23. The number of aliphatic carboxylic acids is 1. The number of carboxylic acids is 1. The highest BCUT2D eigenvalue weighted by molar-refractivity contribution is 5.84. The number of amides is 1. The lowest BCUT2D eigenvalue weighted by Crippen LogP contribution is -2.46. The van der Waals surface area contributed by atoms with E-state index in [1.165, 1.54) is 12.3 Å². The third-order valence-corrected chi connectivity index (χ3v) is 2.34. The van der Waals surface area contributed by atoms with Crippen LogP contribution in [0.25, 0.3) is 6.08 Å². The number of nitrogens with one attached hydrogen (secondary N) is 1. The van der Waals surface area contributed by atoms with Crippen LogP contribution >= 0.6 is 0 Å². The summed E-state index contributed by atoms with van der Waals surface area (Å²) in [6.45, 7) is 7.33. The maximum absolute atomic E-state index is 11.9. The molecule has 1 amide bonds. The summed E-state index contributed by atoms with van der Waals surface area (Å²) in [5.74, 6) is -0.805. The fraction of sp³-hybridized carbons (Fsp3) is 0.400. The third kappa shape index (κ3) is 6.56. The number of carboxylic acid groups (broad SMARTS) is 1. The molecule has 6 nitrogen and oxygen atoms in total. The zero-order chi connectivity index (χ0) is 16.0. The number of ether oxygens (including phenoxy) is 1. The van der Waals surface area contributed by atoms with Gasteiger partial charge in [0.2, 0.25) is 0 Å². The lowest BCUT2D eigenvalue weighted by atomic mass is 10.1. The molecule has 1 atom stereocenters. The van der Waals surface area contributed by atoms with Crippen LogP contribution < -0.4 is 10.1 Å². The number of pyridine rings is 1. The highest BCUT2D eigenvalue weighted by Gasteiger charge is 2.20. The van der Waals surface area contributed by atoms with Crippen LogP contribution in [0, 0.1) is 0 Å². The summed E-state index contributed by atoms with van der Waals surface area (Å²) in [7, 11) is 0. The van der Waals surface area contributed by atoms with Gasteiger partial charge in [-0.05, 0) is 45.9 Å². The van der Waals surface area contributed by atoms with Crippen molar-refractivity contribution >= 4 is 18.0 Å². The average Bonchev–Trinajstić information content (AvgIpc) is 2.35. The highest BCUT2D eigenvalue weighted by atomic mass is 16.5. The summed E-state index contributed by atoms with van der Waals surface area (Å²) in [5, 5.41) is 11.3.